The van der Waals surface area contributed by atoms with Crippen LogP contribution in [0, 0.1) is 6.92 Å². The summed E-state index contributed by atoms with van der Waals surface area (Å²) in [5.41, 5.74) is 4.23. The van der Waals surface area contributed by atoms with Crippen molar-refractivity contribution in [1.29, 1.82) is 0 Å². The third-order valence-corrected chi connectivity index (χ3v) is 4.99. The Morgan fingerprint density at radius 2 is 1.75 bits per heavy atom. The summed E-state index contributed by atoms with van der Waals surface area (Å²) in [6.07, 6.45) is 1.62. The lowest BCUT2D eigenvalue weighted by Crippen LogP contribution is -2.15. The molecule has 0 fully saturated rings. The number of rotatable bonds is 7. The van der Waals surface area contributed by atoms with Crippen LogP contribution in [0.3, 0.4) is 0 Å². The van der Waals surface area contributed by atoms with Crippen LogP contribution in [0.1, 0.15) is 11.3 Å². The molecule has 8 nitrogen and oxygen atoms in total. The molecule has 3 rings (SSSR count). The van der Waals surface area contributed by atoms with Crippen molar-refractivity contribution in [3.63, 3.8) is 0 Å². The molecule has 1 aromatic heterocycles. The van der Waals surface area contributed by atoms with Crippen molar-refractivity contribution in [2.75, 3.05) is 17.3 Å². The van der Waals surface area contributed by atoms with E-state index in [1.54, 1.807) is 44.5 Å². The first-order chi connectivity index (χ1) is 13.5. The summed E-state index contributed by atoms with van der Waals surface area (Å²) < 4.78 is 32.3. The van der Waals surface area contributed by atoms with Crippen LogP contribution in [0.25, 0.3) is 0 Å². The van der Waals surface area contributed by atoms with Crippen LogP contribution in [-0.4, -0.2) is 31.7 Å². The number of aryl methyl sites for hydroxylation is 1. The summed E-state index contributed by atoms with van der Waals surface area (Å²) in [6, 6.07) is 17.0. The summed E-state index contributed by atoms with van der Waals surface area (Å²) in [5, 5.41) is 4.12. The second-order valence-electron chi connectivity index (χ2n) is 5.78. The van der Waals surface area contributed by atoms with Crippen molar-refractivity contribution in [3.05, 3.63) is 71.9 Å². The van der Waals surface area contributed by atoms with Crippen LogP contribution in [0.4, 0.5) is 11.8 Å². The minimum Gasteiger partial charge on any atom is -0.497 e. The smallest absolute Gasteiger partial charge is 0.264 e. The average Bonchev–Trinajstić information content (AvgIpc) is 2.68. The highest BCUT2D eigenvalue weighted by molar-refractivity contribution is 7.92. The van der Waals surface area contributed by atoms with Crippen LogP contribution < -0.4 is 14.9 Å². The summed E-state index contributed by atoms with van der Waals surface area (Å²) in [4.78, 5) is 8.41. The normalized spacial score (nSPS) is 11.4. The van der Waals surface area contributed by atoms with E-state index in [9.17, 15) is 8.42 Å². The van der Waals surface area contributed by atoms with Gasteiger partial charge in [-0.3, -0.25) is 5.43 Å². The lowest BCUT2D eigenvalue weighted by molar-refractivity contribution is 0.415. The van der Waals surface area contributed by atoms with Gasteiger partial charge < -0.3 is 4.74 Å². The van der Waals surface area contributed by atoms with Gasteiger partial charge in [0.25, 0.3) is 10.0 Å². The molecule has 2 aromatic carbocycles. The maximum Gasteiger partial charge on any atom is 0.264 e. The van der Waals surface area contributed by atoms with Crippen molar-refractivity contribution in [3.8, 4) is 5.75 Å². The Bertz CT molecular complexity index is 1070. The first-order valence-electron chi connectivity index (χ1n) is 8.33. The molecule has 144 valence electrons. The van der Waals surface area contributed by atoms with Gasteiger partial charge >= 0.3 is 0 Å². The first kappa shape index (κ1) is 19.3. The zero-order chi connectivity index (χ0) is 20.0. The summed E-state index contributed by atoms with van der Waals surface area (Å²) in [6.45, 7) is 1.74. The molecule has 1 heterocycles. The molecule has 0 unspecified atom stereocenters. The molecule has 0 bridgehead atoms. The van der Waals surface area contributed by atoms with Gasteiger partial charge in [-0.25, -0.2) is 18.1 Å². The fourth-order valence-corrected chi connectivity index (χ4v) is 3.28. The van der Waals surface area contributed by atoms with Gasteiger partial charge in [-0.05, 0) is 48.9 Å². The van der Waals surface area contributed by atoms with E-state index in [4.69, 9.17) is 4.74 Å². The number of anilines is 2. The van der Waals surface area contributed by atoms with Crippen molar-refractivity contribution in [2.45, 2.75) is 11.8 Å². The predicted molar refractivity (Wildman–Crippen MR) is 108 cm³/mol. The number of aromatic nitrogens is 2. The molecule has 0 aliphatic rings. The molecule has 0 radical (unpaired) electrons. The van der Waals surface area contributed by atoms with E-state index in [1.807, 2.05) is 24.3 Å². The highest BCUT2D eigenvalue weighted by Gasteiger charge is 2.15. The van der Waals surface area contributed by atoms with Crippen LogP contribution in [0.2, 0.25) is 0 Å². The van der Waals surface area contributed by atoms with Gasteiger partial charge in [-0.2, -0.15) is 10.1 Å². The topological polar surface area (TPSA) is 106 Å². The SMILES string of the molecule is COc1ccc(C=NNc2cc(C)nc(NS(=O)(=O)c3ccccc3)n2)cc1. The van der Waals surface area contributed by atoms with E-state index in [0.29, 0.717) is 11.5 Å². The zero-order valence-corrected chi connectivity index (χ0v) is 16.1. The maximum atomic E-state index is 12.4. The Kier molecular flexibility index (Phi) is 5.85. The van der Waals surface area contributed by atoms with Crippen molar-refractivity contribution < 1.29 is 13.2 Å². The standard InChI is InChI=1S/C19H19N5O3S/c1-14-12-18(23-20-13-15-8-10-16(27-2)11-9-15)22-19(21-14)24-28(25,26)17-6-4-3-5-7-17/h3-13H,1-2H3,(H2,21,22,23,24). The number of hydrazone groups is 1. The Labute approximate surface area is 163 Å². The van der Waals surface area contributed by atoms with Crippen molar-refractivity contribution >= 4 is 28.0 Å². The number of benzene rings is 2. The number of hydrogen-bond acceptors (Lipinski definition) is 7. The van der Waals surface area contributed by atoms with Gasteiger partial charge in [0.05, 0.1) is 18.2 Å². The second kappa shape index (κ2) is 8.49. The fourth-order valence-electron chi connectivity index (χ4n) is 2.31. The number of nitrogens with zero attached hydrogens (tertiary/aromatic N) is 3. The molecule has 2 N–H and O–H groups in total. The maximum absolute atomic E-state index is 12.4. The van der Waals surface area contributed by atoms with E-state index >= 15 is 0 Å². The second-order valence-corrected chi connectivity index (χ2v) is 7.46. The van der Waals surface area contributed by atoms with E-state index in [1.165, 1.54) is 12.1 Å². The van der Waals surface area contributed by atoms with Crippen LogP contribution in [-0.2, 0) is 10.0 Å². The number of sulfonamides is 1. The molecule has 0 spiro atoms. The predicted octanol–water partition coefficient (Wildman–Crippen LogP) is 3.04. The molecule has 9 heteroatoms. The fraction of sp³-hybridized carbons (Fsp3) is 0.105. The third kappa shape index (κ3) is 5.04. The molecule has 0 amide bonds. The number of hydrogen-bond donors (Lipinski definition) is 2. The van der Waals surface area contributed by atoms with Gasteiger partial charge in [0.2, 0.25) is 5.95 Å². The first-order valence-corrected chi connectivity index (χ1v) is 9.81. The van der Waals surface area contributed by atoms with E-state index in [0.717, 1.165) is 11.3 Å². The van der Waals surface area contributed by atoms with E-state index < -0.39 is 10.0 Å². The molecule has 0 aliphatic carbocycles. The summed E-state index contributed by atoms with van der Waals surface area (Å²) >= 11 is 0. The van der Waals surface area contributed by atoms with Gasteiger partial charge in [0.15, 0.2) is 5.82 Å². The van der Waals surface area contributed by atoms with Crippen LogP contribution >= 0.6 is 0 Å². The zero-order valence-electron chi connectivity index (χ0n) is 15.3. The third-order valence-electron chi connectivity index (χ3n) is 3.64. The molecule has 0 saturated carbocycles. The highest BCUT2D eigenvalue weighted by Crippen LogP contribution is 2.15. The highest BCUT2D eigenvalue weighted by atomic mass is 32.2. The van der Waals surface area contributed by atoms with Crippen molar-refractivity contribution in [2.24, 2.45) is 5.10 Å². The Balaban J connectivity index is 1.73. The minimum atomic E-state index is -3.77. The van der Waals surface area contributed by atoms with Crippen LogP contribution in [0.15, 0.2) is 70.7 Å². The lowest BCUT2D eigenvalue weighted by Gasteiger charge is -2.08. The minimum absolute atomic E-state index is 0.0361. The van der Waals surface area contributed by atoms with E-state index in [2.05, 4.69) is 25.2 Å². The van der Waals surface area contributed by atoms with Gasteiger partial charge in [-0.15, -0.1) is 0 Å². The summed E-state index contributed by atoms with van der Waals surface area (Å²) in [7, 11) is -2.17. The number of methoxy groups -OCH3 is 1. The molecule has 0 aliphatic heterocycles. The van der Waals surface area contributed by atoms with Crippen molar-refractivity contribution in [1.82, 2.24) is 9.97 Å². The molecular weight excluding hydrogens is 378 g/mol. The molecular formula is C19H19N5O3S. The Morgan fingerprint density at radius 3 is 2.43 bits per heavy atom. The Morgan fingerprint density at radius 1 is 1.04 bits per heavy atom. The molecule has 0 saturated heterocycles. The van der Waals surface area contributed by atoms with E-state index in [-0.39, 0.29) is 10.8 Å². The molecule has 3 aromatic rings. The quantitative estimate of drug-likeness (QED) is 0.469. The van der Waals surface area contributed by atoms with Gasteiger partial charge in [0.1, 0.15) is 5.75 Å². The average molecular weight is 397 g/mol. The largest absolute Gasteiger partial charge is 0.497 e. The Hall–Kier alpha value is -3.46. The number of ether oxygens (including phenoxy) is 1. The summed E-state index contributed by atoms with van der Waals surface area (Å²) in [5.74, 6) is 1.08. The van der Waals surface area contributed by atoms with Gasteiger partial charge in [-0.1, -0.05) is 18.2 Å². The number of nitrogens with one attached hydrogen (secondary N) is 2. The molecule has 0 atom stereocenters. The van der Waals surface area contributed by atoms with Gasteiger partial charge in [0, 0.05) is 11.8 Å². The van der Waals surface area contributed by atoms with Crippen LogP contribution in [0.5, 0.6) is 5.75 Å². The monoisotopic (exact) mass is 397 g/mol. The lowest BCUT2D eigenvalue weighted by atomic mass is 10.2. The molecule has 28 heavy (non-hydrogen) atoms.